The fourth-order valence-electron chi connectivity index (χ4n) is 1.91. The maximum Gasteiger partial charge on any atom is 0.434 e. The topological polar surface area (TPSA) is 58.5 Å². The summed E-state index contributed by atoms with van der Waals surface area (Å²) in [5.41, 5.74) is 0.115. The van der Waals surface area contributed by atoms with E-state index in [-0.39, 0.29) is 30.5 Å². The van der Waals surface area contributed by atoms with Gasteiger partial charge in [0.25, 0.3) is 0 Å². The van der Waals surface area contributed by atoms with E-state index >= 15 is 0 Å². The highest BCUT2D eigenvalue weighted by Gasteiger charge is 2.33. The number of aromatic nitrogens is 1. The first-order valence-corrected chi connectivity index (χ1v) is 8.79. The summed E-state index contributed by atoms with van der Waals surface area (Å²) in [6, 6.07) is 5.65. The van der Waals surface area contributed by atoms with E-state index in [0.29, 0.717) is 17.5 Å². The first-order valence-electron chi connectivity index (χ1n) is 7.12. The van der Waals surface area contributed by atoms with Crippen LogP contribution in [0.1, 0.15) is 16.3 Å². The van der Waals surface area contributed by atoms with Gasteiger partial charge in [-0.25, -0.2) is 4.98 Å². The van der Waals surface area contributed by atoms with Crippen molar-refractivity contribution < 1.29 is 17.9 Å². The molecule has 2 N–H and O–H groups in total. The molecule has 1 aromatic carbocycles. The van der Waals surface area contributed by atoms with Crippen molar-refractivity contribution in [3.8, 4) is 5.75 Å². The molecule has 0 saturated heterocycles. The molecule has 26 heavy (non-hydrogen) atoms. The summed E-state index contributed by atoms with van der Waals surface area (Å²) in [7, 11) is 3.18. The normalized spacial score (nSPS) is 11.7. The van der Waals surface area contributed by atoms with E-state index < -0.39 is 11.9 Å². The number of ether oxygens (including phenoxy) is 1. The van der Waals surface area contributed by atoms with Gasteiger partial charge in [0.2, 0.25) is 0 Å². The minimum Gasteiger partial charge on any atom is -0.496 e. The second-order valence-electron chi connectivity index (χ2n) is 4.87. The maximum atomic E-state index is 12.5. The lowest BCUT2D eigenvalue weighted by Crippen LogP contribution is -2.36. The molecule has 0 radical (unpaired) electrons. The van der Waals surface area contributed by atoms with Gasteiger partial charge in [0, 0.05) is 19.0 Å². The van der Waals surface area contributed by atoms with E-state index in [1.807, 2.05) is 18.2 Å². The third-order valence-corrected chi connectivity index (χ3v) is 4.62. The summed E-state index contributed by atoms with van der Waals surface area (Å²) in [5.74, 6) is 1.20. The quantitative estimate of drug-likeness (QED) is 0.321. The standard InChI is InChI=1S/C15H16BrF3N4OS.HI/c1-20-14(21-6-9-3-4-11(24-2)10(16)5-9)22-7-13-23-12(8-25-13)15(17,18)19;/h3-5,8H,6-7H2,1-2H3,(H2,20,21,22);1H. The highest BCUT2D eigenvalue weighted by atomic mass is 127. The minimum absolute atomic E-state index is 0. The molecule has 144 valence electrons. The first kappa shape index (κ1) is 23.0. The Labute approximate surface area is 178 Å². The number of guanidine groups is 1. The van der Waals surface area contributed by atoms with Gasteiger partial charge in [-0.1, -0.05) is 6.07 Å². The Bertz CT molecular complexity index is 755. The Balaban J connectivity index is 0.00000338. The van der Waals surface area contributed by atoms with Gasteiger partial charge in [-0.15, -0.1) is 35.3 Å². The van der Waals surface area contributed by atoms with E-state index in [1.54, 1.807) is 14.2 Å². The molecule has 0 bridgehead atoms. The van der Waals surface area contributed by atoms with E-state index in [1.165, 1.54) is 0 Å². The predicted molar refractivity (Wildman–Crippen MR) is 110 cm³/mol. The van der Waals surface area contributed by atoms with Crippen LogP contribution >= 0.6 is 51.2 Å². The lowest BCUT2D eigenvalue weighted by molar-refractivity contribution is -0.140. The maximum absolute atomic E-state index is 12.5. The van der Waals surface area contributed by atoms with E-state index in [0.717, 1.165) is 32.5 Å². The second-order valence-corrected chi connectivity index (χ2v) is 6.67. The molecule has 0 aliphatic rings. The van der Waals surface area contributed by atoms with Crippen molar-refractivity contribution in [2.75, 3.05) is 14.2 Å². The Morgan fingerprint density at radius 3 is 2.54 bits per heavy atom. The summed E-state index contributed by atoms with van der Waals surface area (Å²) in [4.78, 5) is 7.61. The van der Waals surface area contributed by atoms with Crippen molar-refractivity contribution in [3.05, 3.63) is 44.3 Å². The molecular weight excluding hydrogens is 548 g/mol. The average molecular weight is 565 g/mol. The fourth-order valence-corrected chi connectivity index (χ4v) is 3.24. The van der Waals surface area contributed by atoms with Crippen LogP contribution < -0.4 is 15.4 Å². The third-order valence-electron chi connectivity index (χ3n) is 3.15. The van der Waals surface area contributed by atoms with E-state index in [4.69, 9.17) is 4.74 Å². The summed E-state index contributed by atoms with van der Waals surface area (Å²) < 4.78 is 43.6. The summed E-state index contributed by atoms with van der Waals surface area (Å²) in [6.45, 7) is 0.653. The lowest BCUT2D eigenvalue weighted by atomic mass is 10.2. The smallest absolute Gasteiger partial charge is 0.434 e. The molecule has 0 amide bonds. The van der Waals surface area contributed by atoms with Gasteiger partial charge >= 0.3 is 6.18 Å². The van der Waals surface area contributed by atoms with Crippen LogP contribution in [0.2, 0.25) is 0 Å². The van der Waals surface area contributed by atoms with Crippen LogP contribution in [0.5, 0.6) is 5.75 Å². The van der Waals surface area contributed by atoms with E-state index in [2.05, 4.69) is 36.5 Å². The van der Waals surface area contributed by atoms with Crippen LogP contribution in [0.15, 0.2) is 33.0 Å². The number of nitrogens with one attached hydrogen (secondary N) is 2. The van der Waals surface area contributed by atoms with Crippen molar-refractivity contribution in [1.82, 2.24) is 15.6 Å². The molecule has 0 unspecified atom stereocenters. The van der Waals surface area contributed by atoms with Crippen molar-refractivity contribution in [1.29, 1.82) is 0 Å². The molecule has 0 spiro atoms. The van der Waals surface area contributed by atoms with Gasteiger partial charge < -0.3 is 15.4 Å². The SMILES string of the molecule is CN=C(NCc1ccc(OC)c(Br)c1)NCc1nc(C(F)(F)F)cs1.I. The average Bonchev–Trinajstić information content (AvgIpc) is 3.04. The number of benzene rings is 1. The largest absolute Gasteiger partial charge is 0.496 e. The monoisotopic (exact) mass is 564 g/mol. The highest BCUT2D eigenvalue weighted by Crippen LogP contribution is 2.30. The Hall–Kier alpha value is -1.08. The molecular formula is C15H17BrF3IN4OS. The van der Waals surface area contributed by atoms with Crippen LogP contribution in [0, 0.1) is 0 Å². The molecule has 1 heterocycles. The molecule has 2 rings (SSSR count). The zero-order valence-electron chi connectivity index (χ0n) is 13.9. The zero-order chi connectivity index (χ0) is 18.4. The van der Waals surface area contributed by atoms with Crippen molar-refractivity contribution in [2.24, 2.45) is 4.99 Å². The molecule has 11 heteroatoms. The number of methoxy groups -OCH3 is 1. The molecule has 0 atom stereocenters. The van der Waals surface area contributed by atoms with Gasteiger partial charge in [0.1, 0.15) is 10.8 Å². The van der Waals surface area contributed by atoms with Gasteiger partial charge in [0.05, 0.1) is 18.1 Å². The predicted octanol–water partition coefficient (Wildman–Crippen LogP) is 4.42. The number of hydrogen-bond donors (Lipinski definition) is 2. The minimum atomic E-state index is -4.42. The molecule has 5 nitrogen and oxygen atoms in total. The molecule has 0 aliphatic heterocycles. The van der Waals surface area contributed by atoms with Crippen molar-refractivity contribution in [3.63, 3.8) is 0 Å². The van der Waals surface area contributed by atoms with Crippen molar-refractivity contribution in [2.45, 2.75) is 19.3 Å². The number of aliphatic imine (C=N–C) groups is 1. The number of thiazole rings is 1. The van der Waals surface area contributed by atoms with Gasteiger partial charge in [-0.05, 0) is 33.6 Å². The van der Waals surface area contributed by atoms with Crippen LogP contribution in [-0.4, -0.2) is 25.1 Å². The zero-order valence-corrected chi connectivity index (χ0v) is 18.6. The number of hydrogen-bond acceptors (Lipinski definition) is 4. The highest BCUT2D eigenvalue weighted by molar-refractivity contribution is 14.0. The number of nitrogens with zero attached hydrogens (tertiary/aromatic N) is 2. The first-order chi connectivity index (χ1) is 11.8. The van der Waals surface area contributed by atoms with Crippen LogP contribution in [0.4, 0.5) is 13.2 Å². The third kappa shape index (κ3) is 6.58. The number of rotatable bonds is 5. The molecule has 0 fully saturated rings. The molecule has 2 aromatic rings. The fraction of sp³-hybridized carbons (Fsp3) is 0.333. The molecule has 1 aromatic heterocycles. The summed E-state index contributed by atoms with van der Waals surface area (Å²) in [6.07, 6.45) is -4.42. The van der Waals surface area contributed by atoms with Crippen LogP contribution in [-0.2, 0) is 19.3 Å². The van der Waals surface area contributed by atoms with Crippen LogP contribution in [0.3, 0.4) is 0 Å². The Morgan fingerprint density at radius 2 is 2.00 bits per heavy atom. The number of alkyl halides is 3. The van der Waals surface area contributed by atoms with Crippen LogP contribution in [0.25, 0.3) is 0 Å². The Morgan fingerprint density at radius 1 is 1.31 bits per heavy atom. The lowest BCUT2D eigenvalue weighted by Gasteiger charge is -2.12. The molecule has 0 aliphatic carbocycles. The number of halogens is 5. The van der Waals surface area contributed by atoms with Gasteiger partial charge in [-0.2, -0.15) is 13.2 Å². The molecule has 0 saturated carbocycles. The van der Waals surface area contributed by atoms with Gasteiger partial charge in [-0.3, -0.25) is 4.99 Å². The van der Waals surface area contributed by atoms with E-state index in [9.17, 15) is 13.2 Å². The summed E-state index contributed by atoms with van der Waals surface area (Å²) >= 11 is 4.37. The van der Waals surface area contributed by atoms with Crippen molar-refractivity contribution >= 4 is 57.2 Å². The van der Waals surface area contributed by atoms with Gasteiger partial charge in [0.15, 0.2) is 11.7 Å². The Kier molecular flexibility index (Phi) is 9.10. The second kappa shape index (κ2) is 10.3. The summed E-state index contributed by atoms with van der Waals surface area (Å²) in [5, 5.41) is 7.37.